The van der Waals surface area contributed by atoms with Crippen molar-refractivity contribution in [2.75, 3.05) is 32.1 Å². The Morgan fingerprint density at radius 1 is 1.27 bits per heavy atom. The number of anilines is 1. The number of hydrogen-bond acceptors (Lipinski definition) is 5. The third-order valence-corrected chi connectivity index (χ3v) is 6.70. The Bertz CT molecular complexity index is 709. The maximum atomic E-state index is 13.0. The summed E-state index contributed by atoms with van der Waals surface area (Å²) in [5.41, 5.74) is 6.66. The normalized spacial score (nSPS) is 17.5. The highest BCUT2D eigenvalue weighted by Crippen LogP contribution is 2.26. The molecule has 0 saturated carbocycles. The summed E-state index contributed by atoms with van der Waals surface area (Å²) in [7, 11) is -2.07. The monoisotopic (exact) mass is 383 g/mol. The van der Waals surface area contributed by atoms with E-state index in [0.717, 1.165) is 25.7 Å². The molecule has 0 bridgehead atoms. The molecule has 1 aliphatic heterocycles. The number of aryl methyl sites for hydroxylation is 1. The van der Waals surface area contributed by atoms with Crippen molar-refractivity contribution >= 4 is 21.6 Å². The van der Waals surface area contributed by atoms with Crippen LogP contribution in [0.5, 0.6) is 0 Å². The summed E-state index contributed by atoms with van der Waals surface area (Å²) in [4.78, 5) is 12.4. The molecule has 0 radical (unpaired) electrons. The van der Waals surface area contributed by atoms with Gasteiger partial charge in [-0.25, -0.2) is 8.42 Å². The molecule has 2 rings (SSSR count). The summed E-state index contributed by atoms with van der Waals surface area (Å²) in [6.07, 6.45) is 3.64. The second-order valence-corrected chi connectivity index (χ2v) is 8.55. The lowest BCUT2D eigenvalue weighted by molar-refractivity contribution is -0.118. The van der Waals surface area contributed by atoms with Gasteiger partial charge in [0.25, 0.3) is 0 Å². The molecule has 8 heteroatoms. The van der Waals surface area contributed by atoms with Crippen LogP contribution < -0.4 is 11.1 Å². The van der Waals surface area contributed by atoms with Crippen molar-refractivity contribution in [3.8, 4) is 0 Å². The van der Waals surface area contributed by atoms with E-state index >= 15 is 0 Å². The Hall–Kier alpha value is -1.48. The highest BCUT2D eigenvalue weighted by atomic mass is 32.2. The summed E-state index contributed by atoms with van der Waals surface area (Å²) in [5, 5.41) is 2.74. The number of hydrogen-bond donors (Lipinski definition) is 2. The number of carbonyl (C=O) groups is 1. The van der Waals surface area contributed by atoms with Crippen molar-refractivity contribution in [3.63, 3.8) is 0 Å². The van der Waals surface area contributed by atoms with Crippen LogP contribution in [0.3, 0.4) is 0 Å². The lowest BCUT2D eigenvalue weighted by Crippen LogP contribution is -2.32. The zero-order chi connectivity index (χ0) is 19.2. The maximum Gasteiger partial charge on any atom is 0.243 e. The summed E-state index contributed by atoms with van der Waals surface area (Å²) < 4.78 is 32.8. The molecule has 26 heavy (non-hydrogen) atoms. The van der Waals surface area contributed by atoms with Crippen LogP contribution in [0.4, 0.5) is 5.69 Å². The molecule has 3 N–H and O–H groups in total. The number of sulfonamides is 1. The number of amides is 1. The molecular weight excluding hydrogens is 354 g/mol. The number of nitrogens with one attached hydrogen (secondary N) is 1. The SMILES string of the molecule is COC(CN)CC(=O)Nc1ccc(C)c(S(=O)(=O)N2CCCCCC2)c1. The van der Waals surface area contributed by atoms with Crippen molar-refractivity contribution in [1.29, 1.82) is 0 Å². The van der Waals surface area contributed by atoms with Gasteiger partial charge in [-0.2, -0.15) is 4.31 Å². The first-order valence-corrected chi connectivity index (χ1v) is 10.5. The summed E-state index contributed by atoms with van der Waals surface area (Å²) in [6, 6.07) is 4.97. The maximum absolute atomic E-state index is 13.0. The van der Waals surface area contributed by atoms with Gasteiger partial charge in [-0.15, -0.1) is 0 Å². The van der Waals surface area contributed by atoms with Gasteiger partial charge in [-0.05, 0) is 37.5 Å². The van der Waals surface area contributed by atoms with Gasteiger partial charge in [-0.3, -0.25) is 4.79 Å². The fourth-order valence-corrected chi connectivity index (χ4v) is 4.83. The van der Waals surface area contributed by atoms with Gasteiger partial charge in [-0.1, -0.05) is 18.9 Å². The zero-order valence-electron chi connectivity index (χ0n) is 15.5. The van der Waals surface area contributed by atoms with Crippen molar-refractivity contribution in [1.82, 2.24) is 4.31 Å². The van der Waals surface area contributed by atoms with Gasteiger partial charge < -0.3 is 15.8 Å². The number of nitrogens with two attached hydrogens (primary N) is 1. The minimum Gasteiger partial charge on any atom is -0.380 e. The Morgan fingerprint density at radius 2 is 1.92 bits per heavy atom. The van der Waals surface area contributed by atoms with Crippen molar-refractivity contribution < 1.29 is 17.9 Å². The topological polar surface area (TPSA) is 102 Å². The average molecular weight is 384 g/mol. The van der Waals surface area contributed by atoms with Crippen LogP contribution in [0, 0.1) is 6.92 Å². The average Bonchev–Trinajstić information content (AvgIpc) is 2.91. The van der Waals surface area contributed by atoms with Crippen molar-refractivity contribution in [2.24, 2.45) is 5.73 Å². The number of ether oxygens (including phenoxy) is 1. The Morgan fingerprint density at radius 3 is 2.50 bits per heavy atom. The molecule has 1 atom stereocenters. The summed E-state index contributed by atoms with van der Waals surface area (Å²) in [6.45, 7) is 3.10. The molecule has 0 spiro atoms. The molecule has 1 heterocycles. The lowest BCUT2D eigenvalue weighted by atomic mass is 10.2. The van der Waals surface area contributed by atoms with E-state index in [1.54, 1.807) is 23.4 Å². The predicted octanol–water partition coefficient (Wildman–Crippen LogP) is 1.86. The molecule has 146 valence electrons. The third kappa shape index (κ3) is 5.26. The van der Waals surface area contributed by atoms with E-state index in [1.807, 2.05) is 0 Å². The van der Waals surface area contributed by atoms with Crippen LogP contribution in [0.1, 0.15) is 37.7 Å². The van der Waals surface area contributed by atoms with Crippen LogP contribution in [0.25, 0.3) is 0 Å². The minimum absolute atomic E-state index is 0.120. The molecule has 1 amide bonds. The van der Waals surface area contributed by atoms with Crippen LogP contribution >= 0.6 is 0 Å². The number of carbonyl (C=O) groups excluding carboxylic acids is 1. The molecule has 0 aromatic heterocycles. The van der Waals surface area contributed by atoms with Gasteiger partial charge in [0.2, 0.25) is 15.9 Å². The highest BCUT2D eigenvalue weighted by molar-refractivity contribution is 7.89. The van der Waals surface area contributed by atoms with E-state index in [-0.39, 0.29) is 29.9 Å². The smallest absolute Gasteiger partial charge is 0.243 e. The molecule has 1 saturated heterocycles. The third-order valence-electron chi connectivity index (χ3n) is 4.66. The fourth-order valence-electron chi connectivity index (χ4n) is 3.06. The molecular formula is C18H29N3O4S. The van der Waals surface area contributed by atoms with Crippen LogP contribution in [-0.2, 0) is 19.6 Å². The fraction of sp³-hybridized carbons (Fsp3) is 0.611. The highest BCUT2D eigenvalue weighted by Gasteiger charge is 2.27. The minimum atomic E-state index is -3.57. The number of nitrogens with zero attached hydrogens (tertiary/aromatic N) is 1. The van der Waals surface area contributed by atoms with Gasteiger partial charge in [0.05, 0.1) is 17.4 Å². The lowest BCUT2D eigenvalue weighted by Gasteiger charge is -2.21. The summed E-state index contributed by atoms with van der Waals surface area (Å²) >= 11 is 0. The van der Waals surface area contributed by atoms with E-state index < -0.39 is 10.0 Å². The van der Waals surface area contributed by atoms with Gasteiger partial charge in [0.15, 0.2) is 0 Å². The van der Waals surface area contributed by atoms with Gasteiger partial charge in [0, 0.05) is 32.4 Å². The predicted molar refractivity (Wildman–Crippen MR) is 102 cm³/mol. The first-order valence-electron chi connectivity index (χ1n) is 9.02. The van der Waals surface area contributed by atoms with Crippen LogP contribution in [-0.4, -0.2) is 51.5 Å². The molecule has 1 unspecified atom stereocenters. The molecule has 1 aliphatic rings. The quantitative estimate of drug-likeness (QED) is 0.748. The van der Waals surface area contributed by atoms with Crippen molar-refractivity contribution in [3.05, 3.63) is 23.8 Å². The van der Waals surface area contributed by atoms with E-state index in [1.165, 1.54) is 13.2 Å². The molecule has 1 fully saturated rings. The van der Waals surface area contributed by atoms with E-state index in [9.17, 15) is 13.2 Å². The number of methoxy groups -OCH3 is 1. The Labute approximate surface area is 155 Å². The number of rotatable bonds is 7. The standard InChI is InChI=1S/C18H29N3O4S/c1-14-7-8-15(20-18(22)12-16(13-19)25-2)11-17(14)26(23,24)21-9-5-3-4-6-10-21/h7-8,11,16H,3-6,9-10,12-13,19H2,1-2H3,(H,20,22). The van der Waals surface area contributed by atoms with E-state index in [4.69, 9.17) is 10.5 Å². The second-order valence-electron chi connectivity index (χ2n) is 6.64. The van der Waals surface area contributed by atoms with Gasteiger partial charge >= 0.3 is 0 Å². The molecule has 1 aromatic carbocycles. The second kappa shape index (κ2) is 9.45. The molecule has 1 aromatic rings. The van der Waals surface area contributed by atoms with Crippen LogP contribution in [0.15, 0.2) is 23.1 Å². The first kappa shape index (κ1) is 20.8. The van der Waals surface area contributed by atoms with Crippen molar-refractivity contribution in [2.45, 2.75) is 50.0 Å². The Balaban J connectivity index is 2.19. The number of benzene rings is 1. The van der Waals surface area contributed by atoms with Gasteiger partial charge in [0.1, 0.15) is 0 Å². The zero-order valence-corrected chi connectivity index (χ0v) is 16.3. The Kier molecular flexibility index (Phi) is 7.57. The first-order chi connectivity index (χ1) is 12.4. The molecule has 0 aliphatic carbocycles. The molecule has 7 nitrogen and oxygen atoms in total. The van der Waals surface area contributed by atoms with E-state index in [0.29, 0.717) is 24.3 Å². The summed E-state index contributed by atoms with van der Waals surface area (Å²) in [5.74, 6) is -0.260. The largest absolute Gasteiger partial charge is 0.380 e. The van der Waals surface area contributed by atoms with E-state index in [2.05, 4.69) is 5.32 Å². The van der Waals surface area contributed by atoms with Crippen LogP contribution in [0.2, 0.25) is 0 Å².